The predicted octanol–water partition coefficient (Wildman–Crippen LogP) is 6.75. The van der Waals surface area contributed by atoms with Gasteiger partial charge < -0.3 is 29.7 Å². The Bertz CT molecular complexity index is 1450. The maximum absolute atomic E-state index is 13.0. The van der Waals surface area contributed by atoms with E-state index in [1.165, 1.54) is 39.3 Å². The molecule has 0 aliphatic rings. The molecule has 0 saturated heterocycles. The molecule has 3 rings (SSSR count). The van der Waals surface area contributed by atoms with E-state index in [-0.39, 0.29) is 40.8 Å². The van der Waals surface area contributed by atoms with Crippen LogP contribution in [0, 0.1) is 12.8 Å². The van der Waals surface area contributed by atoms with Crippen molar-refractivity contribution in [2.45, 2.75) is 47.0 Å². The number of hydrogen-bond acceptors (Lipinski definition) is 8. The number of aromatic amines is 1. The van der Waals surface area contributed by atoms with Gasteiger partial charge >= 0.3 is 24.3 Å². The Morgan fingerprint density at radius 1 is 0.864 bits per heavy atom. The number of fused-ring (bicyclic) bond motifs is 1. The number of ether oxygens (including phenoxy) is 4. The molecule has 0 bridgehead atoms. The summed E-state index contributed by atoms with van der Waals surface area (Å²) in [6.07, 6.45) is -8.97. The van der Waals surface area contributed by atoms with Gasteiger partial charge in [-0.2, -0.15) is 26.3 Å². The second-order valence-electron chi connectivity index (χ2n) is 8.98. The molecule has 1 atom stereocenters. The molecule has 2 aromatic carbocycles. The van der Waals surface area contributed by atoms with Crippen molar-refractivity contribution in [1.82, 2.24) is 4.98 Å². The van der Waals surface area contributed by atoms with E-state index in [0.717, 1.165) is 12.1 Å². The number of methoxy groups -OCH3 is 2. The van der Waals surface area contributed by atoms with Crippen LogP contribution in [0.5, 0.6) is 11.5 Å². The zero-order chi connectivity index (χ0) is 34.0. The summed E-state index contributed by atoms with van der Waals surface area (Å²) in [5.41, 5.74) is 4.42. The van der Waals surface area contributed by atoms with Crippen molar-refractivity contribution in [3.63, 3.8) is 0 Å². The van der Waals surface area contributed by atoms with Crippen LogP contribution in [0.4, 0.5) is 32.0 Å². The van der Waals surface area contributed by atoms with Crippen LogP contribution in [0.1, 0.15) is 54.9 Å². The summed E-state index contributed by atoms with van der Waals surface area (Å²) in [6, 6.07) is 5.60. The predicted molar refractivity (Wildman–Crippen MR) is 149 cm³/mol. The molecule has 15 heteroatoms. The van der Waals surface area contributed by atoms with Crippen LogP contribution < -0.4 is 15.2 Å². The van der Waals surface area contributed by atoms with Gasteiger partial charge in [0.15, 0.2) is 0 Å². The number of benzene rings is 2. The minimum absolute atomic E-state index is 0.0631. The van der Waals surface area contributed by atoms with Crippen molar-refractivity contribution in [2.75, 3.05) is 33.2 Å². The van der Waals surface area contributed by atoms with Crippen LogP contribution in [0.15, 0.2) is 30.3 Å². The number of hydrogen-bond donors (Lipinski definition) is 2. The zero-order valence-electron chi connectivity index (χ0n) is 25.1. The molecule has 244 valence electrons. The summed E-state index contributed by atoms with van der Waals surface area (Å²) in [5, 5.41) is 0.489. The lowest BCUT2D eigenvalue weighted by molar-refractivity contribution is -0.150. The number of nitrogen functional groups attached to an aromatic ring is 1. The molecule has 0 spiro atoms. The first-order valence-electron chi connectivity index (χ1n) is 13.0. The van der Waals surface area contributed by atoms with E-state index in [1.807, 2.05) is 0 Å². The molecule has 0 amide bonds. The number of rotatable bonds is 7. The van der Waals surface area contributed by atoms with Gasteiger partial charge in [0.05, 0.1) is 38.6 Å². The fraction of sp³-hybridized carbons (Fsp3) is 0.414. The largest absolute Gasteiger partial charge is 0.496 e. The molecule has 0 saturated carbocycles. The van der Waals surface area contributed by atoms with Gasteiger partial charge in [-0.25, -0.2) is 4.79 Å². The lowest BCUT2D eigenvalue weighted by Crippen LogP contribution is -2.20. The molecule has 1 heterocycles. The summed E-state index contributed by atoms with van der Waals surface area (Å²) in [4.78, 5) is 35.7. The summed E-state index contributed by atoms with van der Waals surface area (Å²) < 4.78 is 94.6. The van der Waals surface area contributed by atoms with Crippen LogP contribution >= 0.6 is 0 Å². The number of alkyl halides is 6. The van der Waals surface area contributed by atoms with Crippen LogP contribution in [-0.4, -0.2) is 50.1 Å². The van der Waals surface area contributed by atoms with Crippen LogP contribution in [0.3, 0.4) is 0 Å². The maximum Gasteiger partial charge on any atom is 0.420 e. The Hall–Kier alpha value is -4.43. The maximum atomic E-state index is 13.0. The fourth-order valence-electron chi connectivity index (χ4n) is 3.53. The van der Waals surface area contributed by atoms with Gasteiger partial charge in [0.1, 0.15) is 28.9 Å². The fourth-order valence-corrected chi connectivity index (χ4v) is 3.53. The molecular formula is C29H34F6N2O7. The van der Waals surface area contributed by atoms with E-state index < -0.39 is 41.3 Å². The molecular weight excluding hydrogens is 602 g/mol. The quantitative estimate of drug-likeness (QED) is 0.126. The van der Waals surface area contributed by atoms with E-state index in [2.05, 4.69) is 14.5 Å². The molecule has 0 aliphatic heterocycles. The first-order chi connectivity index (χ1) is 20.3. The minimum atomic E-state index is -4.54. The highest BCUT2D eigenvalue weighted by Gasteiger charge is 2.36. The highest BCUT2D eigenvalue weighted by atomic mass is 19.4. The Morgan fingerprint density at radius 2 is 1.39 bits per heavy atom. The van der Waals surface area contributed by atoms with Crippen LogP contribution in [-0.2, 0) is 31.4 Å². The van der Waals surface area contributed by atoms with E-state index in [1.54, 1.807) is 27.7 Å². The van der Waals surface area contributed by atoms with Gasteiger partial charge in [0.25, 0.3) is 0 Å². The number of H-pyrrole nitrogens is 1. The number of carbonyl (C=O) groups excluding carboxylic acids is 3. The number of nitrogens with one attached hydrogen (secondary N) is 1. The highest BCUT2D eigenvalue weighted by Crippen LogP contribution is 2.40. The lowest BCUT2D eigenvalue weighted by Gasteiger charge is -2.12. The second kappa shape index (κ2) is 15.9. The topological polar surface area (TPSA) is 130 Å². The molecule has 0 aliphatic carbocycles. The Morgan fingerprint density at radius 3 is 1.84 bits per heavy atom. The number of Topliss-reactive ketones (excluding diaryl/α,β-unsaturated/α-hetero) is 1. The molecule has 0 fully saturated rings. The summed E-state index contributed by atoms with van der Waals surface area (Å²) >= 11 is 0. The molecule has 1 unspecified atom stereocenters. The summed E-state index contributed by atoms with van der Waals surface area (Å²) in [7, 11) is 2.35. The summed E-state index contributed by atoms with van der Waals surface area (Å²) in [6.45, 7) is 8.44. The Balaban J connectivity index is 0.000000361. The van der Waals surface area contributed by atoms with Crippen molar-refractivity contribution in [2.24, 2.45) is 5.92 Å². The summed E-state index contributed by atoms with van der Waals surface area (Å²) in [5.74, 6) is -2.30. The number of halogens is 6. The van der Waals surface area contributed by atoms with Gasteiger partial charge in [-0.05, 0) is 70.5 Å². The van der Waals surface area contributed by atoms with Crippen molar-refractivity contribution >= 4 is 34.3 Å². The van der Waals surface area contributed by atoms with Gasteiger partial charge in [-0.15, -0.1) is 0 Å². The molecule has 0 radical (unpaired) electrons. The molecule has 1 aromatic heterocycles. The van der Waals surface area contributed by atoms with Crippen molar-refractivity contribution in [3.05, 3.63) is 52.7 Å². The van der Waals surface area contributed by atoms with Crippen molar-refractivity contribution in [1.29, 1.82) is 0 Å². The monoisotopic (exact) mass is 636 g/mol. The number of ketones is 1. The van der Waals surface area contributed by atoms with E-state index in [0.29, 0.717) is 17.6 Å². The molecule has 44 heavy (non-hydrogen) atoms. The average molecular weight is 637 g/mol. The van der Waals surface area contributed by atoms with Crippen molar-refractivity contribution < 1.29 is 59.7 Å². The SMILES string of the molecule is CCOC(=O)C(C)C(C)=O.CCOC(=O)c1[nH]c2cc(C(F)(F)F)c(OC)cc2c1C.COc1ccc(N)cc1C(F)(F)F. The van der Waals surface area contributed by atoms with Crippen LogP contribution in [0.25, 0.3) is 10.9 Å². The Labute approximate surface area is 249 Å². The lowest BCUT2D eigenvalue weighted by atomic mass is 10.1. The average Bonchev–Trinajstić information content (AvgIpc) is 3.27. The number of esters is 2. The number of aryl methyl sites for hydroxylation is 1. The standard InChI is InChI=1S/C14H14F3NO3.C8H8F3NO.C7H12O3/c1-4-21-13(19)12-7(2)8-5-11(20-3)9(14(15,16)17)6-10(8)18-12;1-13-7-3-2-5(12)4-6(7)8(9,10)11;1-4-10-7(9)5(2)6(3)8/h5-6,18H,4H2,1-3H3;2-4H,12H2,1H3;5H,4H2,1-3H3. The number of anilines is 1. The number of carbonyl (C=O) groups is 3. The first-order valence-corrected chi connectivity index (χ1v) is 13.0. The van der Waals surface area contributed by atoms with Crippen LogP contribution in [0.2, 0.25) is 0 Å². The Kier molecular flexibility index (Phi) is 13.6. The van der Waals surface area contributed by atoms with Gasteiger partial charge in [0, 0.05) is 16.6 Å². The normalized spacial score (nSPS) is 11.8. The third kappa shape index (κ3) is 10.1. The molecule has 3 N–H and O–H groups in total. The molecule has 3 aromatic rings. The number of aromatic nitrogens is 1. The number of nitrogens with two attached hydrogens (primary N) is 1. The van der Waals surface area contributed by atoms with E-state index in [4.69, 9.17) is 15.2 Å². The molecule has 9 nitrogen and oxygen atoms in total. The van der Waals surface area contributed by atoms with Gasteiger partial charge in [-0.1, -0.05) is 0 Å². The van der Waals surface area contributed by atoms with Crippen molar-refractivity contribution in [3.8, 4) is 11.5 Å². The first kappa shape index (κ1) is 37.6. The van der Waals surface area contributed by atoms with Gasteiger partial charge in [-0.3, -0.25) is 9.59 Å². The zero-order valence-corrected chi connectivity index (χ0v) is 25.1. The third-order valence-corrected chi connectivity index (χ3v) is 5.94. The highest BCUT2D eigenvalue weighted by molar-refractivity contribution is 5.99. The second-order valence-corrected chi connectivity index (χ2v) is 8.98. The van der Waals surface area contributed by atoms with E-state index >= 15 is 0 Å². The third-order valence-electron chi connectivity index (χ3n) is 5.94. The van der Waals surface area contributed by atoms with Gasteiger partial charge in [0.2, 0.25) is 0 Å². The minimum Gasteiger partial charge on any atom is -0.496 e. The smallest absolute Gasteiger partial charge is 0.420 e. The van der Waals surface area contributed by atoms with E-state index in [9.17, 15) is 40.7 Å².